The van der Waals surface area contributed by atoms with Gasteiger partial charge in [0.2, 0.25) is 11.7 Å². The molecule has 0 saturated carbocycles. The minimum atomic E-state index is -0.292. The molecule has 130 valence electrons. The van der Waals surface area contributed by atoms with Crippen LogP contribution in [0.4, 0.5) is 4.39 Å². The van der Waals surface area contributed by atoms with Crippen molar-refractivity contribution >= 4 is 0 Å². The summed E-state index contributed by atoms with van der Waals surface area (Å²) in [6.07, 6.45) is 2.34. The van der Waals surface area contributed by atoms with Gasteiger partial charge in [-0.25, -0.2) is 4.39 Å². The second-order valence-electron chi connectivity index (χ2n) is 5.93. The molecular weight excluding hydrogens is 327 g/mol. The van der Waals surface area contributed by atoms with Crippen LogP contribution in [0.5, 0.6) is 0 Å². The van der Waals surface area contributed by atoms with Gasteiger partial charge in [-0.05, 0) is 42.3 Å². The predicted molar refractivity (Wildman–Crippen MR) is 84.0 cm³/mol. The van der Waals surface area contributed by atoms with Crippen molar-refractivity contribution in [2.75, 3.05) is 13.2 Å². The Balaban J connectivity index is 1.31. The third-order valence-electron chi connectivity index (χ3n) is 4.08. The lowest BCUT2D eigenvalue weighted by molar-refractivity contribution is 0.192. The van der Waals surface area contributed by atoms with Crippen LogP contribution < -0.4 is 0 Å². The van der Waals surface area contributed by atoms with Crippen molar-refractivity contribution in [1.82, 2.24) is 30.3 Å². The molecule has 25 heavy (non-hydrogen) atoms. The van der Waals surface area contributed by atoms with Gasteiger partial charge in [0, 0.05) is 24.5 Å². The van der Waals surface area contributed by atoms with Crippen LogP contribution in [0, 0.1) is 5.82 Å². The second kappa shape index (κ2) is 7.06. The van der Waals surface area contributed by atoms with Crippen LogP contribution in [0.25, 0.3) is 11.4 Å². The number of aromatic nitrogens is 6. The first kappa shape index (κ1) is 15.8. The molecule has 1 saturated heterocycles. The summed E-state index contributed by atoms with van der Waals surface area (Å²) in [5.41, 5.74) is 0.730. The highest BCUT2D eigenvalue weighted by Crippen LogP contribution is 2.22. The number of ether oxygens (including phenoxy) is 1. The van der Waals surface area contributed by atoms with Crippen LogP contribution in [0.15, 0.2) is 28.8 Å². The third kappa shape index (κ3) is 3.71. The molecule has 3 heterocycles. The normalized spacial score (nSPS) is 17.2. The molecule has 1 unspecified atom stereocenters. The first-order valence-corrected chi connectivity index (χ1v) is 8.22. The van der Waals surface area contributed by atoms with Crippen LogP contribution in [0.2, 0.25) is 0 Å². The Labute approximate surface area is 143 Å². The molecule has 3 aromatic rings. The van der Waals surface area contributed by atoms with E-state index in [4.69, 9.17) is 9.26 Å². The summed E-state index contributed by atoms with van der Waals surface area (Å²) in [7, 11) is 0. The fraction of sp³-hybridized carbons (Fsp3) is 0.438. The fourth-order valence-electron chi connectivity index (χ4n) is 2.70. The molecule has 0 aliphatic carbocycles. The van der Waals surface area contributed by atoms with Gasteiger partial charge in [0.1, 0.15) is 5.82 Å². The number of halogens is 1. The zero-order chi connectivity index (χ0) is 17.1. The first-order chi connectivity index (χ1) is 12.3. The lowest BCUT2D eigenvalue weighted by atomic mass is 10.1. The standard InChI is InChI=1S/C16H17FN6O2/c17-13-5-3-11(4-6-13)16-19-22-23(20-16)8-1-2-14-18-15(21-25-14)12-7-9-24-10-12/h3-6,12H,1-2,7-10H2. The predicted octanol–water partition coefficient (Wildman–Crippen LogP) is 2.00. The Morgan fingerprint density at radius 1 is 1.24 bits per heavy atom. The summed E-state index contributed by atoms with van der Waals surface area (Å²) < 4.78 is 23.6. The molecule has 0 radical (unpaired) electrons. The van der Waals surface area contributed by atoms with Gasteiger partial charge in [0.15, 0.2) is 5.82 Å². The summed E-state index contributed by atoms with van der Waals surface area (Å²) in [4.78, 5) is 5.94. The average molecular weight is 344 g/mol. The van der Waals surface area contributed by atoms with Gasteiger partial charge in [0.05, 0.1) is 13.2 Å². The maximum atomic E-state index is 12.9. The molecule has 1 aromatic carbocycles. The molecule has 4 rings (SSSR count). The quantitative estimate of drug-likeness (QED) is 0.675. The van der Waals surface area contributed by atoms with Crippen LogP contribution in [-0.4, -0.2) is 43.6 Å². The molecule has 1 atom stereocenters. The molecule has 1 aliphatic rings. The molecule has 8 nitrogen and oxygen atoms in total. The maximum absolute atomic E-state index is 12.9. The van der Waals surface area contributed by atoms with Gasteiger partial charge < -0.3 is 9.26 Å². The van der Waals surface area contributed by atoms with Crippen molar-refractivity contribution < 1.29 is 13.7 Å². The Hall–Kier alpha value is -2.68. The number of rotatable bonds is 6. The highest BCUT2D eigenvalue weighted by Gasteiger charge is 2.22. The number of tetrazole rings is 1. The van der Waals surface area contributed by atoms with E-state index in [1.807, 2.05) is 0 Å². The van der Waals surface area contributed by atoms with E-state index < -0.39 is 0 Å². The molecule has 9 heteroatoms. The van der Waals surface area contributed by atoms with Crippen molar-refractivity contribution in [2.24, 2.45) is 0 Å². The zero-order valence-electron chi connectivity index (χ0n) is 13.5. The highest BCUT2D eigenvalue weighted by molar-refractivity contribution is 5.53. The number of hydrogen-bond acceptors (Lipinski definition) is 7. The summed E-state index contributed by atoms with van der Waals surface area (Å²) in [6.45, 7) is 2.00. The molecule has 1 aliphatic heterocycles. The Morgan fingerprint density at radius 2 is 2.12 bits per heavy atom. The largest absolute Gasteiger partial charge is 0.381 e. The molecule has 0 N–H and O–H groups in total. The third-order valence-corrected chi connectivity index (χ3v) is 4.08. The van der Waals surface area contributed by atoms with E-state index in [0.29, 0.717) is 31.3 Å². The minimum Gasteiger partial charge on any atom is -0.381 e. The number of nitrogens with zero attached hydrogens (tertiary/aromatic N) is 6. The van der Waals surface area contributed by atoms with Crippen molar-refractivity contribution in [3.8, 4) is 11.4 Å². The van der Waals surface area contributed by atoms with Gasteiger partial charge in [-0.2, -0.15) is 9.78 Å². The summed E-state index contributed by atoms with van der Waals surface area (Å²) in [5.74, 6) is 1.76. The maximum Gasteiger partial charge on any atom is 0.226 e. The molecule has 2 aromatic heterocycles. The topological polar surface area (TPSA) is 91.8 Å². The van der Waals surface area contributed by atoms with Crippen LogP contribution in [0.3, 0.4) is 0 Å². The fourth-order valence-corrected chi connectivity index (χ4v) is 2.70. The highest BCUT2D eigenvalue weighted by atomic mass is 19.1. The first-order valence-electron chi connectivity index (χ1n) is 8.22. The van der Waals surface area contributed by atoms with Crippen molar-refractivity contribution in [3.05, 3.63) is 41.8 Å². The lowest BCUT2D eigenvalue weighted by Gasteiger charge is -1.98. The van der Waals surface area contributed by atoms with E-state index >= 15 is 0 Å². The number of aryl methyl sites for hydroxylation is 2. The minimum absolute atomic E-state index is 0.243. The van der Waals surface area contributed by atoms with Crippen LogP contribution >= 0.6 is 0 Å². The van der Waals surface area contributed by atoms with Gasteiger partial charge in [-0.15, -0.1) is 10.2 Å². The Bertz CT molecular complexity index is 825. The van der Waals surface area contributed by atoms with Gasteiger partial charge >= 0.3 is 0 Å². The van der Waals surface area contributed by atoms with Gasteiger partial charge in [0.25, 0.3) is 0 Å². The summed E-state index contributed by atoms with van der Waals surface area (Å²) in [6, 6.07) is 6.00. The van der Waals surface area contributed by atoms with Gasteiger partial charge in [-0.1, -0.05) is 5.16 Å². The number of hydrogen-bond donors (Lipinski definition) is 0. The summed E-state index contributed by atoms with van der Waals surface area (Å²) in [5, 5.41) is 16.3. The van der Waals surface area contributed by atoms with Crippen LogP contribution in [0.1, 0.15) is 30.5 Å². The molecule has 0 amide bonds. The smallest absolute Gasteiger partial charge is 0.226 e. The van der Waals surface area contributed by atoms with Crippen LogP contribution in [-0.2, 0) is 17.7 Å². The number of benzene rings is 1. The molecule has 0 bridgehead atoms. The van der Waals surface area contributed by atoms with E-state index in [2.05, 4.69) is 25.6 Å². The average Bonchev–Trinajstić information content (AvgIpc) is 3.37. The molecule has 0 spiro atoms. The lowest BCUT2D eigenvalue weighted by Crippen LogP contribution is -2.04. The van der Waals surface area contributed by atoms with Crippen molar-refractivity contribution in [1.29, 1.82) is 0 Å². The Morgan fingerprint density at radius 3 is 2.92 bits per heavy atom. The van der Waals surface area contributed by atoms with Crippen molar-refractivity contribution in [3.63, 3.8) is 0 Å². The molecular formula is C16H17FN6O2. The van der Waals surface area contributed by atoms with E-state index in [1.54, 1.807) is 12.1 Å². The summed E-state index contributed by atoms with van der Waals surface area (Å²) >= 11 is 0. The van der Waals surface area contributed by atoms with E-state index in [9.17, 15) is 4.39 Å². The molecule has 1 fully saturated rings. The zero-order valence-corrected chi connectivity index (χ0v) is 13.5. The second-order valence-corrected chi connectivity index (χ2v) is 5.93. The Kier molecular flexibility index (Phi) is 4.47. The van der Waals surface area contributed by atoms with E-state index in [1.165, 1.54) is 16.9 Å². The van der Waals surface area contributed by atoms with Crippen molar-refractivity contribution in [2.45, 2.75) is 31.7 Å². The SMILES string of the molecule is Fc1ccc(-c2nnn(CCCc3nc(C4CCOC4)no3)n2)cc1. The van der Waals surface area contributed by atoms with E-state index in [0.717, 1.165) is 30.8 Å². The monoisotopic (exact) mass is 344 g/mol. The van der Waals surface area contributed by atoms with E-state index in [-0.39, 0.29) is 11.7 Å². The van der Waals surface area contributed by atoms with Gasteiger partial charge in [-0.3, -0.25) is 0 Å².